The molecule has 0 radical (unpaired) electrons. The Hall–Kier alpha value is -1.56. The van der Waals surface area contributed by atoms with Gasteiger partial charge in [-0.15, -0.1) is 0 Å². The van der Waals surface area contributed by atoms with Gasteiger partial charge in [-0.2, -0.15) is 11.8 Å². The van der Waals surface area contributed by atoms with Gasteiger partial charge in [-0.05, 0) is 23.8 Å². The van der Waals surface area contributed by atoms with Crippen LogP contribution in [0.2, 0.25) is 0 Å². The first-order valence-electron chi connectivity index (χ1n) is 4.88. The Morgan fingerprint density at radius 1 is 1.41 bits per heavy atom. The quantitative estimate of drug-likeness (QED) is 0.759. The summed E-state index contributed by atoms with van der Waals surface area (Å²) in [6.07, 6.45) is 0.0296. The number of carboxylic acids is 1. The minimum Gasteiger partial charge on any atom is -0.481 e. The maximum atomic E-state index is 13.3. The predicted octanol–water partition coefficient (Wildman–Crippen LogP) is 1.63. The molecule has 0 heterocycles. The molecular weight excluding hydrogens is 245 g/mol. The summed E-state index contributed by atoms with van der Waals surface area (Å²) in [6.45, 7) is 0. The molecule has 0 aromatic heterocycles. The van der Waals surface area contributed by atoms with Crippen molar-refractivity contribution in [3.05, 3.63) is 35.1 Å². The van der Waals surface area contributed by atoms with E-state index in [0.29, 0.717) is 17.1 Å². The van der Waals surface area contributed by atoms with Crippen molar-refractivity contribution in [3.8, 4) is 0 Å². The van der Waals surface area contributed by atoms with E-state index in [1.54, 1.807) is 0 Å². The number of amides is 1. The number of carbonyl (C=O) groups is 2. The molecule has 0 saturated carbocycles. The highest BCUT2D eigenvalue weighted by molar-refractivity contribution is 7.98. The Morgan fingerprint density at radius 2 is 2.12 bits per heavy atom. The molecule has 1 aromatic carbocycles. The lowest BCUT2D eigenvalue weighted by molar-refractivity contribution is -0.136. The van der Waals surface area contributed by atoms with Crippen molar-refractivity contribution in [2.45, 2.75) is 12.2 Å². The predicted molar refractivity (Wildman–Crippen MR) is 63.3 cm³/mol. The van der Waals surface area contributed by atoms with E-state index in [4.69, 9.17) is 10.8 Å². The van der Waals surface area contributed by atoms with E-state index in [-0.39, 0.29) is 12.0 Å². The maximum Gasteiger partial charge on any atom is 0.304 e. The zero-order chi connectivity index (χ0) is 12.8. The van der Waals surface area contributed by atoms with Gasteiger partial charge in [0.1, 0.15) is 5.82 Å². The van der Waals surface area contributed by atoms with Gasteiger partial charge >= 0.3 is 5.97 Å². The summed E-state index contributed by atoms with van der Waals surface area (Å²) >= 11 is 1.30. The van der Waals surface area contributed by atoms with Gasteiger partial charge in [0, 0.05) is 17.1 Å². The standard InChI is InChI=1S/C11H12FNO3S/c12-9-2-1-7(11(13)16)5-8(9)6-17-4-3-10(14)15/h1-2,5H,3-4,6H2,(H2,13,16)(H,14,15). The summed E-state index contributed by atoms with van der Waals surface area (Å²) in [5.41, 5.74) is 5.69. The molecular formula is C11H12FNO3S. The van der Waals surface area contributed by atoms with Crippen LogP contribution in [0.4, 0.5) is 4.39 Å². The van der Waals surface area contributed by atoms with Crippen LogP contribution in [0.3, 0.4) is 0 Å². The van der Waals surface area contributed by atoms with E-state index >= 15 is 0 Å². The molecule has 17 heavy (non-hydrogen) atoms. The minimum absolute atomic E-state index is 0.0296. The Bertz CT molecular complexity index is 437. The highest BCUT2D eigenvalue weighted by Crippen LogP contribution is 2.18. The van der Waals surface area contributed by atoms with Gasteiger partial charge in [0.2, 0.25) is 5.91 Å². The van der Waals surface area contributed by atoms with Crippen molar-refractivity contribution < 1.29 is 19.1 Å². The van der Waals surface area contributed by atoms with Crippen molar-refractivity contribution in [2.75, 3.05) is 5.75 Å². The summed E-state index contributed by atoms with van der Waals surface area (Å²) in [7, 11) is 0. The van der Waals surface area contributed by atoms with Crippen LogP contribution in [0.15, 0.2) is 18.2 Å². The Labute approximate surface area is 102 Å². The van der Waals surface area contributed by atoms with E-state index < -0.39 is 17.7 Å². The lowest BCUT2D eigenvalue weighted by Gasteiger charge is -2.04. The van der Waals surface area contributed by atoms with Crippen molar-refractivity contribution in [1.82, 2.24) is 0 Å². The van der Waals surface area contributed by atoms with Crippen LogP contribution >= 0.6 is 11.8 Å². The van der Waals surface area contributed by atoms with Crippen molar-refractivity contribution in [1.29, 1.82) is 0 Å². The summed E-state index contributed by atoms with van der Waals surface area (Å²) < 4.78 is 13.3. The van der Waals surface area contributed by atoms with Crippen LogP contribution < -0.4 is 5.73 Å². The number of halogens is 1. The number of thioether (sulfide) groups is 1. The van der Waals surface area contributed by atoms with Crippen LogP contribution in [0, 0.1) is 5.82 Å². The minimum atomic E-state index is -0.885. The molecule has 1 rings (SSSR count). The average Bonchev–Trinajstić information content (AvgIpc) is 2.25. The van der Waals surface area contributed by atoms with Gasteiger partial charge in [0.25, 0.3) is 0 Å². The molecule has 0 aliphatic heterocycles. The Kier molecular flexibility index (Phi) is 4.96. The van der Waals surface area contributed by atoms with E-state index in [9.17, 15) is 14.0 Å². The average molecular weight is 257 g/mol. The normalized spacial score (nSPS) is 10.2. The Balaban J connectivity index is 2.60. The lowest BCUT2D eigenvalue weighted by Crippen LogP contribution is -2.11. The molecule has 3 N–H and O–H groups in total. The number of carboxylic acid groups (broad SMARTS) is 1. The number of aliphatic carboxylic acids is 1. The van der Waals surface area contributed by atoms with E-state index in [1.165, 1.54) is 30.0 Å². The molecule has 0 unspecified atom stereocenters. The largest absolute Gasteiger partial charge is 0.481 e. The molecule has 6 heteroatoms. The molecule has 0 aliphatic rings. The zero-order valence-corrected chi connectivity index (χ0v) is 9.80. The number of rotatable bonds is 6. The first kappa shape index (κ1) is 13.5. The SMILES string of the molecule is NC(=O)c1ccc(F)c(CSCCC(=O)O)c1. The third-order valence-corrected chi connectivity index (χ3v) is 3.06. The topological polar surface area (TPSA) is 80.4 Å². The molecule has 0 spiro atoms. The fraction of sp³-hybridized carbons (Fsp3) is 0.273. The van der Waals surface area contributed by atoms with Gasteiger partial charge in [-0.3, -0.25) is 9.59 Å². The number of benzene rings is 1. The first-order chi connectivity index (χ1) is 8.00. The molecule has 1 aromatic rings. The van der Waals surface area contributed by atoms with Gasteiger partial charge < -0.3 is 10.8 Å². The fourth-order valence-electron chi connectivity index (χ4n) is 1.18. The second-order valence-electron chi connectivity index (χ2n) is 3.37. The fourth-order valence-corrected chi connectivity index (χ4v) is 2.08. The molecule has 0 atom stereocenters. The van der Waals surface area contributed by atoms with Gasteiger partial charge in [-0.25, -0.2) is 4.39 Å². The number of carbonyl (C=O) groups excluding carboxylic acids is 1. The van der Waals surface area contributed by atoms with E-state index in [0.717, 1.165) is 0 Å². The maximum absolute atomic E-state index is 13.3. The van der Waals surface area contributed by atoms with Crippen LogP contribution in [0.1, 0.15) is 22.3 Å². The number of nitrogens with two attached hydrogens (primary N) is 1. The van der Waals surface area contributed by atoms with Crippen molar-refractivity contribution in [2.24, 2.45) is 5.73 Å². The number of primary amides is 1. The third-order valence-electron chi connectivity index (χ3n) is 2.05. The molecule has 0 fully saturated rings. The molecule has 0 bridgehead atoms. The van der Waals surface area contributed by atoms with Crippen LogP contribution in [-0.4, -0.2) is 22.7 Å². The highest BCUT2D eigenvalue weighted by atomic mass is 32.2. The van der Waals surface area contributed by atoms with Crippen molar-refractivity contribution in [3.63, 3.8) is 0 Å². The second kappa shape index (κ2) is 6.24. The molecule has 92 valence electrons. The van der Waals surface area contributed by atoms with Gasteiger partial charge in [-0.1, -0.05) is 0 Å². The number of hydrogen-bond donors (Lipinski definition) is 2. The lowest BCUT2D eigenvalue weighted by atomic mass is 10.1. The van der Waals surface area contributed by atoms with Crippen LogP contribution in [0.5, 0.6) is 0 Å². The highest BCUT2D eigenvalue weighted by Gasteiger charge is 2.07. The van der Waals surface area contributed by atoms with Gasteiger partial charge in [0.05, 0.1) is 6.42 Å². The van der Waals surface area contributed by atoms with Crippen molar-refractivity contribution >= 4 is 23.6 Å². The number of hydrogen-bond acceptors (Lipinski definition) is 3. The van der Waals surface area contributed by atoms with E-state index in [2.05, 4.69) is 0 Å². The monoisotopic (exact) mass is 257 g/mol. The summed E-state index contributed by atoms with van der Waals surface area (Å²) in [6, 6.07) is 3.90. The summed E-state index contributed by atoms with van der Waals surface area (Å²) in [5.74, 6) is -1.20. The first-order valence-corrected chi connectivity index (χ1v) is 6.04. The van der Waals surface area contributed by atoms with Gasteiger partial charge in [0.15, 0.2) is 0 Å². The van der Waals surface area contributed by atoms with E-state index in [1.807, 2.05) is 0 Å². The molecule has 0 aliphatic carbocycles. The smallest absolute Gasteiger partial charge is 0.304 e. The second-order valence-corrected chi connectivity index (χ2v) is 4.47. The van der Waals surface area contributed by atoms with Crippen LogP contribution in [0.25, 0.3) is 0 Å². The Morgan fingerprint density at radius 3 is 2.71 bits per heavy atom. The summed E-state index contributed by atoms with van der Waals surface area (Å²) in [5, 5.41) is 8.43. The molecule has 0 saturated heterocycles. The molecule has 1 amide bonds. The zero-order valence-electron chi connectivity index (χ0n) is 8.98. The van der Waals surface area contributed by atoms with Crippen LogP contribution in [-0.2, 0) is 10.5 Å². The third kappa shape index (κ3) is 4.44. The molecule has 4 nitrogen and oxygen atoms in total. The summed E-state index contributed by atoms with van der Waals surface area (Å²) in [4.78, 5) is 21.2.